The molecule has 0 bridgehead atoms. The van der Waals surface area contributed by atoms with Crippen molar-refractivity contribution in [3.05, 3.63) is 0 Å². The van der Waals surface area contributed by atoms with Gasteiger partial charge in [0, 0.05) is 6.42 Å². The molecule has 0 amide bonds. The first kappa shape index (κ1) is 10.6. The Morgan fingerprint density at radius 2 is 1.75 bits per heavy atom. The van der Waals surface area contributed by atoms with Crippen molar-refractivity contribution in [1.82, 2.24) is 0 Å². The summed E-state index contributed by atoms with van der Waals surface area (Å²) in [6.07, 6.45) is 0.984. The van der Waals surface area contributed by atoms with Crippen LogP contribution in [-0.2, 0) is 19.1 Å². The first-order chi connectivity index (χ1) is 5.67. The summed E-state index contributed by atoms with van der Waals surface area (Å²) in [7, 11) is 2.37. The van der Waals surface area contributed by atoms with Crippen molar-refractivity contribution in [2.24, 2.45) is 5.92 Å². The second-order valence-electron chi connectivity index (χ2n) is 2.04. The molecule has 1 N–H and O–H groups in total. The van der Waals surface area contributed by atoms with Gasteiger partial charge < -0.3 is 14.9 Å². The normalized spacial score (nSPS) is 9.25. The molecule has 0 saturated carbocycles. The number of nitrogens with one attached hydrogen (secondary N) is 1. The van der Waals surface area contributed by atoms with Gasteiger partial charge in [-0.05, 0) is 6.21 Å². The third-order valence-corrected chi connectivity index (χ3v) is 1.32. The van der Waals surface area contributed by atoms with Crippen LogP contribution >= 0.6 is 0 Å². The lowest BCUT2D eigenvalue weighted by atomic mass is 10.1. The quantitative estimate of drug-likeness (QED) is 0.368. The Morgan fingerprint density at radius 3 is 2.00 bits per heavy atom. The summed E-state index contributed by atoms with van der Waals surface area (Å²) in [6, 6.07) is 0. The van der Waals surface area contributed by atoms with Gasteiger partial charge >= 0.3 is 11.9 Å². The van der Waals surface area contributed by atoms with E-state index in [1.807, 2.05) is 0 Å². The van der Waals surface area contributed by atoms with E-state index in [-0.39, 0.29) is 6.42 Å². The van der Waals surface area contributed by atoms with Crippen LogP contribution in [0.4, 0.5) is 0 Å². The SMILES string of the molecule is COC(=O)C(CC=N)C(=O)OC. The van der Waals surface area contributed by atoms with Crippen LogP contribution in [0.25, 0.3) is 0 Å². The second kappa shape index (κ2) is 5.29. The summed E-state index contributed by atoms with van der Waals surface area (Å²) < 4.78 is 8.69. The topological polar surface area (TPSA) is 76.5 Å². The van der Waals surface area contributed by atoms with Gasteiger partial charge in [0.2, 0.25) is 0 Å². The molecule has 12 heavy (non-hydrogen) atoms. The Kier molecular flexibility index (Phi) is 4.67. The molecule has 0 fully saturated rings. The molecule has 0 saturated heterocycles. The second-order valence-corrected chi connectivity index (χ2v) is 2.04. The van der Waals surface area contributed by atoms with E-state index >= 15 is 0 Å². The lowest BCUT2D eigenvalue weighted by Crippen LogP contribution is -2.26. The molecule has 0 rings (SSSR count). The fraction of sp³-hybridized carbons (Fsp3) is 0.571. The van der Waals surface area contributed by atoms with Gasteiger partial charge in [0.15, 0.2) is 5.92 Å². The van der Waals surface area contributed by atoms with Crippen LogP contribution in [0.1, 0.15) is 6.42 Å². The van der Waals surface area contributed by atoms with Crippen LogP contribution in [0.5, 0.6) is 0 Å². The molecule has 0 spiro atoms. The zero-order chi connectivity index (χ0) is 9.56. The highest BCUT2D eigenvalue weighted by Gasteiger charge is 2.27. The first-order valence-electron chi connectivity index (χ1n) is 3.32. The van der Waals surface area contributed by atoms with E-state index in [2.05, 4.69) is 9.47 Å². The Balaban J connectivity index is 4.31. The van der Waals surface area contributed by atoms with Gasteiger partial charge in [-0.15, -0.1) is 0 Å². The molecule has 0 heterocycles. The monoisotopic (exact) mass is 173 g/mol. The zero-order valence-corrected chi connectivity index (χ0v) is 6.99. The van der Waals surface area contributed by atoms with Gasteiger partial charge in [-0.1, -0.05) is 0 Å². The van der Waals surface area contributed by atoms with E-state index in [9.17, 15) is 9.59 Å². The number of hydrogen-bond acceptors (Lipinski definition) is 5. The summed E-state index contributed by atoms with van der Waals surface area (Å²) in [5, 5.41) is 6.73. The summed E-state index contributed by atoms with van der Waals surface area (Å²) in [5.74, 6) is -2.35. The third-order valence-electron chi connectivity index (χ3n) is 1.32. The van der Waals surface area contributed by atoms with Gasteiger partial charge in [0.1, 0.15) is 0 Å². The Labute approximate surface area is 70.2 Å². The van der Waals surface area contributed by atoms with Crippen molar-refractivity contribution < 1.29 is 19.1 Å². The van der Waals surface area contributed by atoms with Crippen LogP contribution in [0.15, 0.2) is 0 Å². The summed E-state index contributed by atoms with van der Waals surface area (Å²) >= 11 is 0. The van der Waals surface area contributed by atoms with Crippen molar-refractivity contribution >= 4 is 18.2 Å². The van der Waals surface area contributed by atoms with E-state index in [4.69, 9.17) is 5.41 Å². The maximum absolute atomic E-state index is 10.9. The minimum absolute atomic E-state index is 0.0132. The lowest BCUT2D eigenvalue weighted by Gasteiger charge is -2.08. The third kappa shape index (κ3) is 2.69. The van der Waals surface area contributed by atoms with Crippen molar-refractivity contribution in [2.75, 3.05) is 14.2 Å². The molecule has 0 atom stereocenters. The van der Waals surface area contributed by atoms with Crippen LogP contribution < -0.4 is 0 Å². The van der Waals surface area contributed by atoms with Gasteiger partial charge in [-0.2, -0.15) is 0 Å². The van der Waals surface area contributed by atoms with Crippen LogP contribution in [0.2, 0.25) is 0 Å². The number of methoxy groups -OCH3 is 2. The molecular weight excluding hydrogens is 162 g/mol. The van der Waals surface area contributed by atoms with E-state index in [0.29, 0.717) is 0 Å². The predicted molar refractivity (Wildman–Crippen MR) is 40.9 cm³/mol. The van der Waals surface area contributed by atoms with E-state index in [0.717, 1.165) is 6.21 Å². The number of ether oxygens (including phenoxy) is 2. The maximum atomic E-state index is 10.9. The fourth-order valence-electron chi connectivity index (χ4n) is 0.691. The largest absolute Gasteiger partial charge is 0.468 e. The minimum atomic E-state index is -1.00. The first-order valence-corrected chi connectivity index (χ1v) is 3.32. The van der Waals surface area contributed by atoms with Crippen molar-refractivity contribution in [3.63, 3.8) is 0 Å². The van der Waals surface area contributed by atoms with Crippen molar-refractivity contribution in [3.8, 4) is 0 Å². The molecule has 0 radical (unpaired) electrons. The summed E-state index contributed by atoms with van der Waals surface area (Å²) in [5.41, 5.74) is 0. The van der Waals surface area contributed by atoms with Gasteiger partial charge in [-0.25, -0.2) is 0 Å². The average molecular weight is 173 g/mol. The maximum Gasteiger partial charge on any atom is 0.320 e. The van der Waals surface area contributed by atoms with Crippen LogP contribution in [0.3, 0.4) is 0 Å². The van der Waals surface area contributed by atoms with E-state index in [1.165, 1.54) is 14.2 Å². The Bertz CT molecular complexity index is 174. The molecule has 0 aromatic carbocycles. The molecule has 0 aromatic rings. The molecule has 5 heteroatoms. The highest BCUT2D eigenvalue weighted by atomic mass is 16.5. The van der Waals surface area contributed by atoms with E-state index in [1.54, 1.807) is 0 Å². The van der Waals surface area contributed by atoms with Crippen LogP contribution in [-0.4, -0.2) is 32.4 Å². The molecular formula is C7H11NO4. The Morgan fingerprint density at radius 1 is 1.33 bits per heavy atom. The smallest absolute Gasteiger partial charge is 0.320 e. The summed E-state index contributed by atoms with van der Waals surface area (Å²) in [4.78, 5) is 21.8. The lowest BCUT2D eigenvalue weighted by molar-refractivity contribution is -0.158. The van der Waals surface area contributed by atoms with E-state index < -0.39 is 17.9 Å². The fourth-order valence-corrected chi connectivity index (χ4v) is 0.691. The molecule has 0 aliphatic rings. The highest BCUT2D eigenvalue weighted by Crippen LogP contribution is 2.05. The number of hydrogen-bond donors (Lipinski definition) is 1. The van der Waals surface area contributed by atoms with Gasteiger partial charge in [0.05, 0.1) is 14.2 Å². The van der Waals surface area contributed by atoms with Crippen LogP contribution in [0, 0.1) is 11.3 Å². The van der Waals surface area contributed by atoms with Gasteiger partial charge in [-0.3, -0.25) is 9.59 Å². The van der Waals surface area contributed by atoms with Crippen molar-refractivity contribution in [2.45, 2.75) is 6.42 Å². The predicted octanol–water partition coefficient (Wildman–Crippen LogP) is -0.0117. The molecule has 68 valence electrons. The molecule has 0 aromatic heterocycles. The number of carbonyl (C=O) groups excluding carboxylic acids is 2. The number of esters is 2. The highest BCUT2D eigenvalue weighted by molar-refractivity contribution is 5.96. The standard InChI is InChI=1S/C7H11NO4/c1-11-6(9)5(3-4-8)7(10)12-2/h4-5,8H,3H2,1-2H3. The Hall–Kier alpha value is -1.39. The molecule has 0 unspecified atom stereocenters. The van der Waals surface area contributed by atoms with Gasteiger partial charge in [0.25, 0.3) is 0 Å². The van der Waals surface area contributed by atoms with Crippen molar-refractivity contribution in [1.29, 1.82) is 5.41 Å². The summed E-state index contributed by atoms with van der Waals surface area (Å²) in [6.45, 7) is 0. The average Bonchev–Trinajstić information content (AvgIpc) is 2.11. The number of rotatable bonds is 4. The number of carbonyl (C=O) groups is 2. The molecule has 5 nitrogen and oxygen atoms in total. The zero-order valence-electron chi connectivity index (χ0n) is 6.99. The minimum Gasteiger partial charge on any atom is -0.468 e. The molecule has 0 aliphatic heterocycles. The molecule has 0 aliphatic carbocycles.